The molecule has 3 aliphatic heterocycles. The maximum Gasteiger partial charge on any atom is 0.333 e. The fourth-order valence-electron chi connectivity index (χ4n) is 5.86. The van der Waals surface area contributed by atoms with Gasteiger partial charge in [0, 0.05) is 30.0 Å². The number of para-hydroxylation sites is 1. The number of nitrogens with zero attached hydrogens (tertiary/aromatic N) is 2. The van der Waals surface area contributed by atoms with Crippen molar-refractivity contribution in [3.8, 4) is 11.5 Å². The molecule has 4 heterocycles. The van der Waals surface area contributed by atoms with Gasteiger partial charge in [-0.15, -0.1) is 0 Å². The van der Waals surface area contributed by atoms with Crippen molar-refractivity contribution < 1.29 is 18.4 Å². The van der Waals surface area contributed by atoms with E-state index in [1.807, 2.05) is 91.0 Å². The Hall–Kier alpha value is -3.90. The Morgan fingerprint density at radius 1 is 0.946 bits per heavy atom. The number of rotatable bonds is 8. The summed E-state index contributed by atoms with van der Waals surface area (Å²) < 4.78 is 13.0. The molecule has 0 amide bonds. The summed E-state index contributed by atoms with van der Waals surface area (Å²) in [6.07, 6.45) is 3.80. The molecule has 1 unspecified atom stereocenters. The fraction of sp³-hybridized carbons (Fsp3) is 0.290. The lowest BCUT2D eigenvalue weighted by Crippen LogP contribution is -2.64. The van der Waals surface area contributed by atoms with Gasteiger partial charge in [-0.3, -0.25) is 0 Å². The van der Waals surface area contributed by atoms with Crippen molar-refractivity contribution in [2.45, 2.75) is 31.5 Å². The van der Waals surface area contributed by atoms with Gasteiger partial charge in [0.25, 0.3) is 0 Å². The minimum atomic E-state index is -0.559. The van der Waals surface area contributed by atoms with Crippen LogP contribution in [0, 0.1) is 5.92 Å². The number of oxazole rings is 1. The van der Waals surface area contributed by atoms with E-state index in [0.29, 0.717) is 11.8 Å². The highest BCUT2D eigenvalue weighted by Crippen LogP contribution is 2.38. The van der Waals surface area contributed by atoms with Crippen LogP contribution < -0.4 is 5.32 Å². The molecule has 0 spiro atoms. The molecule has 2 bridgehead atoms. The summed E-state index contributed by atoms with van der Waals surface area (Å²) in [5, 5.41) is 3.39. The molecule has 7 rings (SSSR count). The highest BCUT2D eigenvalue weighted by atomic mass is 16.5. The zero-order valence-corrected chi connectivity index (χ0v) is 20.8. The molecule has 0 saturated carbocycles. The highest BCUT2D eigenvalue weighted by molar-refractivity contribution is 5.81. The van der Waals surface area contributed by atoms with Crippen LogP contribution in [0.1, 0.15) is 30.1 Å². The van der Waals surface area contributed by atoms with E-state index in [0.717, 1.165) is 66.0 Å². The SMILES string of the molecule is O=C(O[C@H]1C[N+]2(Cc3coc(-c4ccccc4)n3)CCC1CC2)C(Nc1ccccc1)c1ccccc1. The number of carbonyl (C=O) groups excluding carboxylic acids is 1. The Labute approximate surface area is 217 Å². The van der Waals surface area contributed by atoms with Crippen LogP contribution in [0.15, 0.2) is 102 Å². The van der Waals surface area contributed by atoms with Crippen LogP contribution in [0.3, 0.4) is 0 Å². The van der Waals surface area contributed by atoms with E-state index in [9.17, 15) is 4.79 Å². The second-order valence-electron chi connectivity index (χ2n) is 10.3. The minimum Gasteiger partial charge on any atom is -0.454 e. The van der Waals surface area contributed by atoms with Crippen LogP contribution >= 0.6 is 0 Å². The molecule has 0 radical (unpaired) electrons. The van der Waals surface area contributed by atoms with E-state index < -0.39 is 6.04 Å². The van der Waals surface area contributed by atoms with Crippen molar-refractivity contribution in [3.63, 3.8) is 0 Å². The van der Waals surface area contributed by atoms with E-state index >= 15 is 0 Å². The normalized spacial score (nSPS) is 23.4. The average Bonchev–Trinajstić information content (AvgIpc) is 3.41. The Bertz CT molecular complexity index is 1320. The first kappa shape index (κ1) is 23.5. The molecular formula is C31H32N3O3+. The van der Waals surface area contributed by atoms with E-state index in [1.165, 1.54) is 0 Å². The molecule has 188 valence electrons. The average molecular weight is 495 g/mol. The molecule has 0 aliphatic carbocycles. The van der Waals surface area contributed by atoms with Gasteiger partial charge in [-0.1, -0.05) is 66.7 Å². The number of hydrogen-bond acceptors (Lipinski definition) is 5. The first-order chi connectivity index (χ1) is 18.2. The first-order valence-corrected chi connectivity index (χ1v) is 13.1. The molecule has 3 fully saturated rings. The summed E-state index contributed by atoms with van der Waals surface area (Å²) in [4.78, 5) is 18.4. The number of ether oxygens (including phenoxy) is 1. The van der Waals surface area contributed by atoms with Gasteiger partial charge < -0.3 is 19.0 Å². The van der Waals surface area contributed by atoms with Crippen LogP contribution in [0.2, 0.25) is 0 Å². The number of hydrogen-bond donors (Lipinski definition) is 1. The minimum absolute atomic E-state index is 0.0979. The number of anilines is 1. The third-order valence-corrected chi connectivity index (χ3v) is 7.83. The molecule has 3 saturated heterocycles. The quantitative estimate of drug-likeness (QED) is 0.246. The Morgan fingerprint density at radius 2 is 1.59 bits per heavy atom. The lowest BCUT2D eigenvalue weighted by Gasteiger charge is -2.51. The number of quaternary nitrogens is 1. The number of benzene rings is 3. The van der Waals surface area contributed by atoms with Gasteiger partial charge in [-0.25, -0.2) is 9.78 Å². The molecular weight excluding hydrogens is 462 g/mol. The van der Waals surface area contributed by atoms with Crippen molar-refractivity contribution in [3.05, 3.63) is 109 Å². The molecule has 3 aliphatic rings. The number of piperidine rings is 3. The number of fused-ring (bicyclic) bond motifs is 3. The maximum absolute atomic E-state index is 13.6. The Kier molecular flexibility index (Phi) is 6.49. The Balaban J connectivity index is 1.17. The van der Waals surface area contributed by atoms with Gasteiger partial charge in [-0.05, 0) is 29.8 Å². The van der Waals surface area contributed by atoms with Crippen LogP contribution in [-0.4, -0.2) is 41.2 Å². The number of carbonyl (C=O) groups is 1. The number of nitrogens with one attached hydrogen (secondary N) is 1. The molecule has 37 heavy (non-hydrogen) atoms. The summed E-state index contributed by atoms with van der Waals surface area (Å²) >= 11 is 0. The summed E-state index contributed by atoms with van der Waals surface area (Å²) in [6, 6.07) is 29.1. The van der Waals surface area contributed by atoms with Gasteiger partial charge in [0.1, 0.15) is 25.0 Å². The standard InChI is InChI=1S/C31H32N3O3/c35-31(29(24-10-4-1-5-11-24)32-26-14-8-3-9-15-26)37-28-21-34(18-16-23(28)17-19-34)20-27-22-36-30(33-27)25-12-6-2-7-13-25/h1-15,22-23,28-29,32H,16-21H2/q+1/t23?,28-,29?,34?/m0/s1. The molecule has 2 atom stereocenters. The van der Waals surface area contributed by atoms with Crippen molar-refractivity contribution in [1.82, 2.24) is 4.98 Å². The van der Waals surface area contributed by atoms with E-state index in [-0.39, 0.29) is 12.1 Å². The van der Waals surface area contributed by atoms with Gasteiger partial charge in [0.15, 0.2) is 12.1 Å². The van der Waals surface area contributed by atoms with Crippen LogP contribution in [0.4, 0.5) is 5.69 Å². The second-order valence-corrected chi connectivity index (χ2v) is 10.3. The molecule has 1 N–H and O–H groups in total. The summed E-state index contributed by atoms with van der Waals surface area (Å²) in [6.45, 7) is 3.77. The van der Waals surface area contributed by atoms with Gasteiger partial charge in [0.05, 0.1) is 13.1 Å². The van der Waals surface area contributed by atoms with Gasteiger partial charge >= 0.3 is 5.97 Å². The highest BCUT2D eigenvalue weighted by Gasteiger charge is 2.48. The van der Waals surface area contributed by atoms with Crippen molar-refractivity contribution in [2.24, 2.45) is 5.92 Å². The maximum atomic E-state index is 13.6. The van der Waals surface area contributed by atoms with Crippen molar-refractivity contribution >= 4 is 11.7 Å². The smallest absolute Gasteiger partial charge is 0.333 e. The predicted octanol–water partition coefficient (Wildman–Crippen LogP) is 5.85. The molecule has 6 nitrogen and oxygen atoms in total. The Morgan fingerprint density at radius 3 is 2.30 bits per heavy atom. The van der Waals surface area contributed by atoms with Crippen molar-refractivity contribution in [2.75, 3.05) is 25.0 Å². The number of aromatic nitrogens is 1. The summed E-state index contributed by atoms with van der Waals surface area (Å²) in [5.41, 5.74) is 3.73. The summed E-state index contributed by atoms with van der Waals surface area (Å²) in [5.74, 6) is 0.843. The lowest BCUT2D eigenvalue weighted by atomic mass is 9.83. The van der Waals surface area contributed by atoms with E-state index in [4.69, 9.17) is 14.1 Å². The first-order valence-electron chi connectivity index (χ1n) is 13.1. The predicted molar refractivity (Wildman–Crippen MR) is 142 cm³/mol. The van der Waals surface area contributed by atoms with E-state index in [1.54, 1.807) is 6.26 Å². The molecule has 6 heteroatoms. The molecule has 1 aromatic heterocycles. The third-order valence-electron chi connectivity index (χ3n) is 7.83. The largest absolute Gasteiger partial charge is 0.454 e. The third kappa shape index (κ3) is 5.16. The zero-order valence-electron chi connectivity index (χ0n) is 20.8. The zero-order chi connectivity index (χ0) is 25.1. The van der Waals surface area contributed by atoms with Crippen LogP contribution in [0.25, 0.3) is 11.5 Å². The topological polar surface area (TPSA) is 64.4 Å². The summed E-state index contributed by atoms with van der Waals surface area (Å²) in [7, 11) is 0. The monoisotopic (exact) mass is 494 g/mol. The van der Waals surface area contributed by atoms with E-state index in [2.05, 4.69) is 5.32 Å². The van der Waals surface area contributed by atoms with Gasteiger partial charge in [-0.2, -0.15) is 0 Å². The molecule has 4 aromatic rings. The lowest BCUT2D eigenvalue weighted by molar-refractivity contribution is -0.958. The van der Waals surface area contributed by atoms with Crippen LogP contribution in [0.5, 0.6) is 0 Å². The second kappa shape index (κ2) is 10.2. The fourth-order valence-corrected chi connectivity index (χ4v) is 5.86. The molecule has 3 aromatic carbocycles. The van der Waals surface area contributed by atoms with Crippen LogP contribution in [-0.2, 0) is 16.1 Å². The van der Waals surface area contributed by atoms with Gasteiger partial charge in [0.2, 0.25) is 5.89 Å². The van der Waals surface area contributed by atoms with Crippen molar-refractivity contribution in [1.29, 1.82) is 0 Å². The number of esters is 1.